The average Bonchev–Trinajstić information content (AvgIpc) is 2.90. The van der Waals surface area contributed by atoms with E-state index in [0.29, 0.717) is 29.5 Å². The van der Waals surface area contributed by atoms with Gasteiger partial charge in [0.15, 0.2) is 5.82 Å². The predicted molar refractivity (Wildman–Crippen MR) is 97.2 cm³/mol. The fourth-order valence-corrected chi connectivity index (χ4v) is 2.77. The highest BCUT2D eigenvalue weighted by molar-refractivity contribution is 5.82. The number of halogens is 2. The third-order valence-electron chi connectivity index (χ3n) is 3.86. The largest absolute Gasteiger partial charge is 0.357 e. The van der Waals surface area contributed by atoms with Crippen LogP contribution in [0.5, 0.6) is 0 Å². The van der Waals surface area contributed by atoms with Crippen molar-refractivity contribution < 1.29 is 8.78 Å². The van der Waals surface area contributed by atoms with E-state index in [2.05, 4.69) is 26.8 Å². The molecule has 0 aromatic carbocycles. The van der Waals surface area contributed by atoms with Crippen LogP contribution in [0.25, 0.3) is 17.5 Å². The number of imidazole rings is 1. The van der Waals surface area contributed by atoms with Crippen LogP contribution in [-0.2, 0) is 0 Å². The molecule has 7 heteroatoms. The van der Waals surface area contributed by atoms with Gasteiger partial charge in [0.1, 0.15) is 23.0 Å². The zero-order valence-electron chi connectivity index (χ0n) is 15.2. The van der Waals surface area contributed by atoms with Crippen molar-refractivity contribution in [1.29, 1.82) is 0 Å². The van der Waals surface area contributed by atoms with Crippen LogP contribution in [-0.4, -0.2) is 26.6 Å². The molecule has 0 spiro atoms. The molecule has 0 amide bonds. The molecule has 5 nitrogen and oxygen atoms in total. The lowest BCUT2D eigenvalue weighted by atomic mass is 10.1. The number of hydrogen-bond acceptors (Lipinski definition) is 4. The quantitative estimate of drug-likeness (QED) is 0.827. The Bertz CT molecular complexity index is 821. The number of anilines is 1. The summed E-state index contributed by atoms with van der Waals surface area (Å²) in [5.74, 6) is -0.160. The van der Waals surface area contributed by atoms with Crippen molar-refractivity contribution in [2.45, 2.75) is 40.2 Å². The van der Waals surface area contributed by atoms with Gasteiger partial charge in [0.2, 0.25) is 5.95 Å². The highest BCUT2D eigenvalue weighted by Crippen LogP contribution is 2.29. The molecular formula is C18H23F2N5. The number of nitrogens with one attached hydrogen (secondary N) is 1. The first kappa shape index (κ1) is 18.8. The molecule has 2 aromatic heterocycles. The Kier molecular flexibility index (Phi) is 5.66. The van der Waals surface area contributed by atoms with Gasteiger partial charge in [-0.2, -0.15) is 0 Å². The lowest BCUT2D eigenvalue weighted by Crippen LogP contribution is -2.07. The highest BCUT2D eigenvalue weighted by atomic mass is 19.1. The van der Waals surface area contributed by atoms with Gasteiger partial charge in [0, 0.05) is 13.1 Å². The van der Waals surface area contributed by atoms with Crippen molar-refractivity contribution in [3.05, 3.63) is 41.5 Å². The van der Waals surface area contributed by atoms with Gasteiger partial charge in [-0.3, -0.25) is 0 Å². The number of rotatable bonds is 6. The molecule has 0 aliphatic heterocycles. The Balaban J connectivity index is 2.70. The molecule has 0 radical (unpaired) electrons. The number of hydrogen-bond donors (Lipinski definition) is 1. The summed E-state index contributed by atoms with van der Waals surface area (Å²) < 4.78 is 30.1. The first-order chi connectivity index (χ1) is 11.8. The van der Waals surface area contributed by atoms with Gasteiger partial charge < -0.3 is 9.88 Å². The normalized spacial score (nSPS) is 11.9. The fourth-order valence-electron chi connectivity index (χ4n) is 2.77. The van der Waals surface area contributed by atoms with E-state index in [-0.39, 0.29) is 17.4 Å². The molecule has 2 rings (SSSR count). The second-order valence-electron chi connectivity index (χ2n) is 5.92. The molecule has 134 valence electrons. The molecule has 2 aromatic rings. The summed E-state index contributed by atoms with van der Waals surface area (Å²) >= 11 is 0. The molecule has 0 fully saturated rings. The Morgan fingerprint density at radius 1 is 1.36 bits per heavy atom. The van der Waals surface area contributed by atoms with E-state index in [9.17, 15) is 8.78 Å². The maximum absolute atomic E-state index is 14.3. The van der Waals surface area contributed by atoms with Crippen molar-refractivity contribution in [2.24, 2.45) is 0 Å². The summed E-state index contributed by atoms with van der Waals surface area (Å²) in [4.78, 5) is 12.3. The number of nitrogens with zero attached hydrogens (tertiary/aromatic N) is 4. The number of aryl methyl sites for hydroxylation is 1. The van der Waals surface area contributed by atoms with Gasteiger partial charge in [-0.1, -0.05) is 13.5 Å². The second-order valence-corrected chi connectivity index (χ2v) is 5.92. The van der Waals surface area contributed by atoms with E-state index >= 15 is 0 Å². The van der Waals surface area contributed by atoms with Crippen molar-refractivity contribution in [1.82, 2.24) is 19.5 Å². The van der Waals surface area contributed by atoms with E-state index in [1.165, 1.54) is 0 Å². The van der Waals surface area contributed by atoms with E-state index in [1.807, 2.05) is 25.3 Å². The SMILES string of the molecule is C=C(F)c1nc(C)n(C(C)C)c1/C=C(\CC)c1nc(NC)ncc1F. The third-order valence-corrected chi connectivity index (χ3v) is 3.86. The molecule has 0 saturated heterocycles. The van der Waals surface area contributed by atoms with Gasteiger partial charge in [0.25, 0.3) is 0 Å². The molecule has 0 aliphatic carbocycles. The minimum absolute atomic E-state index is 0.0630. The van der Waals surface area contributed by atoms with Crippen molar-refractivity contribution >= 4 is 23.4 Å². The van der Waals surface area contributed by atoms with Crippen LogP contribution in [0, 0.1) is 12.7 Å². The summed E-state index contributed by atoms with van der Waals surface area (Å²) in [6.45, 7) is 11.0. The van der Waals surface area contributed by atoms with Crippen LogP contribution in [0.4, 0.5) is 14.7 Å². The standard InChI is InChI=1S/C18H23F2N5/c1-7-13(17-14(20)9-22-18(21-6)24-17)8-15-16(11(4)19)23-12(5)25(15)10(2)3/h8-10H,4,7H2,1-3,5-6H3,(H,21,22,24)/b13-8+. The first-order valence-electron chi connectivity index (χ1n) is 8.14. The molecule has 25 heavy (non-hydrogen) atoms. The van der Waals surface area contributed by atoms with Crippen molar-refractivity contribution in [3.63, 3.8) is 0 Å². The summed E-state index contributed by atoms with van der Waals surface area (Å²) in [7, 11) is 1.66. The zero-order chi connectivity index (χ0) is 18.7. The summed E-state index contributed by atoms with van der Waals surface area (Å²) in [5, 5.41) is 2.79. The molecule has 0 saturated carbocycles. The lowest BCUT2D eigenvalue weighted by Gasteiger charge is -2.14. The summed E-state index contributed by atoms with van der Waals surface area (Å²) in [6, 6.07) is 0.0630. The van der Waals surface area contributed by atoms with Gasteiger partial charge in [-0.25, -0.2) is 23.7 Å². The second kappa shape index (κ2) is 7.55. The Morgan fingerprint density at radius 3 is 2.56 bits per heavy atom. The van der Waals surface area contributed by atoms with E-state index in [0.717, 1.165) is 6.20 Å². The van der Waals surface area contributed by atoms with Crippen LogP contribution < -0.4 is 5.32 Å². The maximum atomic E-state index is 14.3. The zero-order valence-corrected chi connectivity index (χ0v) is 15.2. The topological polar surface area (TPSA) is 55.6 Å². The minimum atomic E-state index is -0.622. The number of allylic oxidation sites excluding steroid dienone is 1. The van der Waals surface area contributed by atoms with Gasteiger partial charge in [0.05, 0.1) is 11.9 Å². The molecule has 0 unspecified atom stereocenters. The predicted octanol–water partition coefficient (Wildman–Crippen LogP) is 4.63. The smallest absolute Gasteiger partial charge is 0.223 e. The molecule has 0 atom stereocenters. The van der Waals surface area contributed by atoms with Crippen LogP contribution in [0.1, 0.15) is 56.1 Å². The summed E-state index contributed by atoms with van der Waals surface area (Å²) in [6.07, 6.45) is 3.36. The monoisotopic (exact) mass is 347 g/mol. The molecule has 1 N–H and O–H groups in total. The van der Waals surface area contributed by atoms with E-state index in [1.54, 1.807) is 20.0 Å². The van der Waals surface area contributed by atoms with E-state index in [4.69, 9.17) is 0 Å². The van der Waals surface area contributed by atoms with Crippen LogP contribution in [0.15, 0.2) is 12.8 Å². The van der Waals surface area contributed by atoms with Crippen molar-refractivity contribution in [2.75, 3.05) is 12.4 Å². The Labute approximate surface area is 146 Å². The van der Waals surface area contributed by atoms with Crippen LogP contribution in [0.3, 0.4) is 0 Å². The number of aromatic nitrogens is 4. The summed E-state index contributed by atoms with van der Waals surface area (Å²) in [5.41, 5.74) is 1.54. The van der Waals surface area contributed by atoms with Crippen LogP contribution in [0.2, 0.25) is 0 Å². The fraction of sp³-hybridized carbons (Fsp3) is 0.389. The molecule has 0 aliphatic rings. The third kappa shape index (κ3) is 3.75. The van der Waals surface area contributed by atoms with Crippen molar-refractivity contribution in [3.8, 4) is 0 Å². The molecular weight excluding hydrogens is 324 g/mol. The Morgan fingerprint density at radius 2 is 2.04 bits per heavy atom. The van der Waals surface area contributed by atoms with Gasteiger partial charge in [-0.05, 0) is 38.8 Å². The lowest BCUT2D eigenvalue weighted by molar-refractivity contribution is 0.578. The van der Waals surface area contributed by atoms with E-state index < -0.39 is 11.6 Å². The van der Waals surface area contributed by atoms with Crippen LogP contribution >= 0.6 is 0 Å². The van der Waals surface area contributed by atoms with Gasteiger partial charge in [-0.15, -0.1) is 0 Å². The average molecular weight is 347 g/mol. The molecule has 2 heterocycles. The first-order valence-corrected chi connectivity index (χ1v) is 8.14. The minimum Gasteiger partial charge on any atom is -0.357 e. The maximum Gasteiger partial charge on any atom is 0.223 e. The Hall–Kier alpha value is -2.57. The highest BCUT2D eigenvalue weighted by Gasteiger charge is 2.19. The van der Waals surface area contributed by atoms with Gasteiger partial charge >= 0.3 is 0 Å². The molecule has 0 bridgehead atoms.